The Morgan fingerprint density at radius 3 is 1.96 bits per heavy atom. The van der Waals surface area contributed by atoms with Gasteiger partial charge in [-0.15, -0.1) is 0 Å². The molecule has 0 radical (unpaired) electrons. The molecule has 132 valence electrons. The molecule has 0 atom stereocenters. The highest BCUT2D eigenvalue weighted by Crippen LogP contribution is 2.38. The Labute approximate surface area is 150 Å². The van der Waals surface area contributed by atoms with Crippen LogP contribution in [0.1, 0.15) is 10.4 Å². The zero-order valence-corrected chi connectivity index (χ0v) is 14.2. The molecular formula is C19H16N2O5. The van der Waals surface area contributed by atoms with Crippen LogP contribution in [-0.2, 0) is 9.47 Å². The number of fused-ring (bicyclic) bond motifs is 1. The molecule has 7 nitrogen and oxygen atoms in total. The molecule has 0 fully saturated rings. The van der Waals surface area contributed by atoms with Crippen molar-refractivity contribution in [3.63, 3.8) is 0 Å². The Morgan fingerprint density at radius 1 is 0.769 bits per heavy atom. The van der Waals surface area contributed by atoms with E-state index in [-0.39, 0.29) is 5.70 Å². The van der Waals surface area contributed by atoms with Gasteiger partial charge in [-0.1, -0.05) is 42.5 Å². The van der Waals surface area contributed by atoms with Gasteiger partial charge >= 0.3 is 12.2 Å². The first-order valence-corrected chi connectivity index (χ1v) is 7.74. The predicted octanol–water partition coefficient (Wildman–Crippen LogP) is 3.57. The van der Waals surface area contributed by atoms with Crippen LogP contribution in [0.2, 0.25) is 0 Å². The van der Waals surface area contributed by atoms with Crippen molar-refractivity contribution in [2.75, 3.05) is 24.0 Å². The highest BCUT2D eigenvalue weighted by Gasteiger charge is 2.36. The number of benzene rings is 2. The minimum Gasteiger partial charge on any atom is -0.452 e. The van der Waals surface area contributed by atoms with Crippen molar-refractivity contribution >= 4 is 29.3 Å². The van der Waals surface area contributed by atoms with Crippen LogP contribution in [0.25, 0.3) is 0 Å². The molecule has 0 aromatic heterocycles. The number of para-hydroxylation sites is 2. The molecule has 1 heterocycles. The molecule has 2 aromatic rings. The Hall–Kier alpha value is -3.61. The number of nitrogens with zero attached hydrogens (tertiary/aromatic N) is 2. The van der Waals surface area contributed by atoms with Gasteiger partial charge in [0.05, 0.1) is 25.6 Å². The molecule has 0 saturated heterocycles. The second-order valence-electron chi connectivity index (χ2n) is 5.34. The quantitative estimate of drug-likeness (QED) is 0.772. The molecule has 1 aliphatic heterocycles. The Bertz CT molecular complexity index is 892. The largest absolute Gasteiger partial charge is 0.452 e. The molecule has 2 amide bonds. The van der Waals surface area contributed by atoms with Crippen molar-refractivity contribution in [2.45, 2.75) is 0 Å². The standard InChI is InChI=1S/C19H16N2O5/c1-25-18(23)20-12-16(17(22)13-8-4-3-5-9-13)21(19(24)26-2)15-11-7-6-10-14(15)20/h3-12H,1-2H3. The normalized spacial score (nSPS) is 12.8. The van der Waals surface area contributed by atoms with Gasteiger partial charge in [0.15, 0.2) is 0 Å². The summed E-state index contributed by atoms with van der Waals surface area (Å²) in [6.07, 6.45) is -0.140. The zero-order chi connectivity index (χ0) is 18.7. The predicted molar refractivity (Wildman–Crippen MR) is 95.1 cm³/mol. The minimum atomic E-state index is -0.738. The molecule has 1 aliphatic rings. The van der Waals surface area contributed by atoms with E-state index in [0.717, 1.165) is 4.90 Å². The van der Waals surface area contributed by atoms with Crippen LogP contribution in [0, 0.1) is 0 Å². The molecule has 0 bridgehead atoms. The van der Waals surface area contributed by atoms with Crippen LogP contribution in [0.3, 0.4) is 0 Å². The van der Waals surface area contributed by atoms with E-state index in [0.29, 0.717) is 16.9 Å². The first-order chi connectivity index (χ1) is 12.6. The van der Waals surface area contributed by atoms with Gasteiger partial charge in [0.1, 0.15) is 5.70 Å². The summed E-state index contributed by atoms with van der Waals surface area (Å²) in [5.74, 6) is -0.431. The lowest BCUT2D eigenvalue weighted by Crippen LogP contribution is -2.41. The number of anilines is 2. The summed E-state index contributed by atoms with van der Waals surface area (Å²) in [5.41, 5.74) is 1.09. The van der Waals surface area contributed by atoms with E-state index < -0.39 is 18.0 Å². The number of ether oxygens (including phenoxy) is 2. The molecule has 0 spiro atoms. The SMILES string of the molecule is COC(=O)N1C=C(C(=O)c2ccccc2)N(C(=O)OC)c2ccccc21. The molecule has 0 N–H and O–H groups in total. The van der Waals surface area contributed by atoms with Crippen molar-refractivity contribution in [3.05, 3.63) is 72.1 Å². The van der Waals surface area contributed by atoms with Crippen LogP contribution in [-0.4, -0.2) is 32.2 Å². The molecule has 0 unspecified atom stereocenters. The van der Waals surface area contributed by atoms with Gasteiger partial charge in [0.25, 0.3) is 0 Å². The fourth-order valence-corrected chi connectivity index (χ4v) is 2.67. The zero-order valence-electron chi connectivity index (χ0n) is 14.2. The average Bonchev–Trinajstić information content (AvgIpc) is 2.71. The van der Waals surface area contributed by atoms with Gasteiger partial charge < -0.3 is 9.47 Å². The van der Waals surface area contributed by atoms with Crippen LogP contribution >= 0.6 is 0 Å². The molecule has 7 heteroatoms. The van der Waals surface area contributed by atoms with E-state index in [1.807, 2.05) is 0 Å². The number of Topliss-reactive ketones (excluding diaryl/α,β-unsaturated/α-hetero) is 1. The average molecular weight is 352 g/mol. The Morgan fingerprint density at radius 2 is 1.35 bits per heavy atom. The van der Waals surface area contributed by atoms with Gasteiger partial charge in [-0.2, -0.15) is 0 Å². The van der Waals surface area contributed by atoms with Crippen molar-refractivity contribution in [3.8, 4) is 0 Å². The van der Waals surface area contributed by atoms with Crippen molar-refractivity contribution in [2.24, 2.45) is 0 Å². The highest BCUT2D eigenvalue weighted by atomic mass is 16.5. The number of rotatable bonds is 2. The third-order valence-electron chi connectivity index (χ3n) is 3.87. The summed E-state index contributed by atoms with van der Waals surface area (Å²) in [6, 6.07) is 15.1. The van der Waals surface area contributed by atoms with Crippen molar-refractivity contribution in [1.29, 1.82) is 0 Å². The molecule has 26 heavy (non-hydrogen) atoms. The van der Waals surface area contributed by atoms with Crippen LogP contribution in [0.4, 0.5) is 21.0 Å². The summed E-state index contributed by atoms with van der Waals surface area (Å²) in [6.45, 7) is 0. The number of hydrogen-bond acceptors (Lipinski definition) is 5. The maximum absolute atomic E-state index is 13.0. The van der Waals surface area contributed by atoms with Gasteiger partial charge in [0, 0.05) is 11.8 Å². The minimum absolute atomic E-state index is 0.0212. The molecule has 3 rings (SSSR count). The topological polar surface area (TPSA) is 76.2 Å². The van der Waals surface area contributed by atoms with Gasteiger partial charge in [-0.3, -0.25) is 4.79 Å². The molecule has 2 aromatic carbocycles. The number of ketones is 1. The van der Waals surface area contributed by atoms with Gasteiger partial charge in [-0.25, -0.2) is 19.4 Å². The molecule has 0 aliphatic carbocycles. The first kappa shape index (κ1) is 17.2. The lowest BCUT2D eigenvalue weighted by atomic mass is 10.1. The van der Waals surface area contributed by atoms with E-state index in [9.17, 15) is 14.4 Å². The lowest BCUT2D eigenvalue weighted by molar-refractivity contribution is 0.102. The number of amides is 2. The third kappa shape index (κ3) is 2.90. The van der Waals surface area contributed by atoms with Crippen molar-refractivity contribution < 1.29 is 23.9 Å². The van der Waals surface area contributed by atoms with Crippen LogP contribution in [0.15, 0.2) is 66.5 Å². The number of carbonyl (C=O) groups is 3. The number of carbonyl (C=O) groups excluding carboxylic acids is 3. The van der Waals surface area contributed by atoms with E-state index in [1.165, 1.54) is 25.3 Å². The lowest BCUT2D eigenvalue weighted by Gasteiger charge is -2.33. The third-order valence-corrected chi connectivity index (χ3v) is 3.87. The summed E-state index contributed by atoms with van der Waals surface area (Å²) >= 11 is 0. The van der Waals surface area contributed by atoms with Crippen molar-refractivity contribution in [1.82, 2.24) is 0 Å². The highest BCUT2D eigenvalue weighted by molar-refractivity contribution is 6.18. The number of allylic oxidation sites excluding steroid dienone is 1. The smallest absolute Gasteiger partial charge is 0.418 e. The maximum Gasteiger partial charge on any atom is 0.418 e. The first-order valence-electron chi connectivity index (χ1n) is 7.74. The summed E-state index contributed by atoms with van der Waals surface area (Å²) < 4.78 is 9.64. The van der Waals surface area contributed by atoms with Gasteiger partial charge in [-0.05, 0) is 12.1 Å². The van der Waals surface area contributed by atoms with Crippen LogP contribution in [0.5, 0.6) is 0 Å². The second-order valence-corrected chi connectivity index (χ2v) is 5.34. The summed E-state index contributed by atoms with van der Waals surface area (Å²) in [7, 11) is 2.46. The summed E-state index contributed by atoms with van der Waals surface area (Å²) in [4.78, 5) is 39.9. The molecule has 0 saturated carbocycles. The maximum atomic E-state index is 13.0. The second kappa shape index (κ2) is 7.10. The fraction of sp³-hybridized carbons (Fsp3) is 0.105. The molecular weight excluding hydrogens is 336 g/mol. The summed E-state index contributed by atoms with van der Waals surface area (Å²) in [5, 5.41) is 0. The number of methoxy groups -OCH3 is 2. The van der Waals surface area contributed by atoms with E-state index in [4.69, 9.17) is 9.47 Å². The van der Waals surface area contributed by atoms with E-state index in [2.05, 4.69) is 0 Å². The Kier molecular flexibility index (Phi) is 4.70. The van der Waals surface area contributed by atoms with Gasteiger partial charge in [0.2, 0.25) is 5.78 Å². The number of hydrogen-bond donors (Lipinski definition) is 0. The van der Waals surface area contributed by atoms with E-state index in [1.54, 1.807) is 54.6 Å². The monoisotopic (exact) mass is 352 g/mol. The van der Waals surface area contributed by atoms with E-state index >= 15 is 0 Å². The fourth-order valence-electron chi connectivity index (χ4n) is 2.67. The Balaban J connectivity index is 2.18. The van der Waals surface area contributed by atoms with Crippen LogP contribution < -0.4 is 9.80 Å².